The predicted molar refractivity (Wildman–Crippen MR) is 66.3 cm³/mol. The predicted octanol–water partition coefficient (Wildman–Crippen LogP) is 3.80. The van der Waals surface area contributed by atoms with Crippen molar-refractivity contribution in [1.82, 2.24) is 0 Å². The first-order chi connectivity index (χ1) is 7.34. The van der Waals surface area contributed by atoms with E-state index in [0.717, 1.165) is 6.42 Å². The van der Waals surface area contributed by atoms with Crippen molar-refractivity contribution in [1.29, 1.82) is 5.26 Å². The summed E-state index contributed by atoms with van der Waals surface area (Å²) < 4.78 is 0. The molecule has 1 nitrogen and oxygen atoms in total. The van der Waals surface area contributed by atoms with Gasteiger partial charge < -0.3 is 0 Å². The lowest BCUT2D eigenvalue weighted by Crippen LogP contribution is -2.14. The average Bonchev–Trinajstić information content (AvgIpc) is 2.76. The van der Waals surface area contributed by atoms with Gasteiger partial charge >= 0.3 is 0 Å². The third kappa shape index (κ3) is 1.29. The standard InChI is InChI=1S/C15H19N/c1-10-6-12(3)13(7-11(10)2)15(9-16)8-14(15,4)5/h6-7H,8H2,1-5H3. The summed E-state index contributed by atoms with van der Waals surface area (Å²) >= 11 is 0. The molecule has 0 heterocycles. The molecule has 0 N–H and O–H groups in total. The summed E-state index contributed by atoms with van der Waals surface area (Å²) in [4.78, 5) is 0. The third-order valence-corrected chi connectivity index (χ3v) is 4.23. The maximum absolute atomic E-state index is 9.48. The van der Waals surface area contributed by atoms with E-state index in [1.165, 1.54) is 22.3 Å². The molecule has 1 atom stereocenters. The molecule has 0 bridgehead atoms. The zero-order valence-electron chi connectivity index (χ0n) is 10.8. The Hall–Kier alpha value is -1.29. The van der Waals surface area contributed by atoms with Crippen molar-refractivity contribution < 1.29 is 0 Å². The number of nitrogens with zero attached hydrogens (tertiary/aromatic N) is 1. The first-order valence-electron chi connectivity index (χ1n) is 5.84. The van der Waals surface area contributed by atoms with Gasteiger partial charge in [0.05, 0.1) is 11.5 Å². The molecule has 1 heteroatoms. The summed E-state index contributed by atoms with van der Waals surface area (Å²) in [7, 11) is 0. The molecule has 0 aliphatic heterocycles. The van der Waals surface area contributed by atoms with Gasteiger partial charge in [0.15, 0.2) is 0 Å². The smallest absolute Gasteiger partial charge is 0.0882 e. The lowest BCUT2D eigenvalue weighted by Gasteiger charge is -2.17. The van der Waals surface area contributed by atoms with Gasteiger partial charge in [0, 0.05) is 0 Å². The molecule has 1 aliphatic rings. The van der Waals surface area contributed by atoms with Gasteiger partial charge in [-0.15, -0.1) is 0 Å². The third-order valence-electron chi connectivity index (χ3n) is 4.23. The highest BCUT2D eigenvalue weighted by molar-refractivity contribution is 5.51. The Bertz CT molecular complexity index is 491. The normalized spacial score (nSPS) is 26.2. The van der Waals surface area contributed by atoms with Crippen LogP contribution in [-0.4, -0.2) is 0 Å². The van der Waals surface area contributed by atoms with E-state index in [1.807, 2.05) is 0 Å². The molecule has 2 rings (SSSR count). The number of hydrogen-bond donors (Lipinski definition) is 0. The van der Waals surface area contributed by atoms with Gasteiger partial charge in [-0.05, 0) is 54.9 Å². The topological polar surface area (TPSA) is 23.8 Å². The van der Waals surface area contributed by atoms with Crippen molar-refractivity contribution in [3.63, 3.8) is 0 Å². The van der Waals surface area contributed by atoms with E-state index in [2.05, 4.69) is 52.8 Å². The van der Waals surface area contributed by atoms with Gasteiger partial charge in [-0.2, -0.15) is 5.26 Å². The molecule has 0 spiro atoms. The summed E-state index contributed by atoms with van der Waals surface area (Å²) in [6.45, 7) is 10.7. The van der Waals surface area contributed by atoms with E-state index >= 15 is 0 Å². The van der Waals surface area contributed by atoms with Crippen molar-refractivity contribution in [3.8, 4) is 6.07 Å². The van der Waals surface area contributed by atoms with Crippen molar-refractivity contribution in [2.45, 2.75) is 46.5 Å². The molecule has 84 valence electrons. The van der Waals surface area contributed by atoms with Crippen LogP contribution in [0.25, 0.3) is 0 Å². The van der Waals surface area contributed by atoms with Crippen LogP contribution in [0.1, 0.15) is 42.5 Å². The first-order valence-corrected chi connectivity index (χ1v) is 5.84. The highest BCUT2D eigenvalue weighted by Crippen LogP contribution is 2.64. The Balaban J connectivity index is 2.59. The number of benzene rings is 1. The van der Waals surface area contributed by atoms with Crippen molar-refractivity contribution in [2.24, 2.45) is 5.41 Å². The summed E-state index contributed by atoms with van der Waals surface area (Å²) in [6.07, 6.45) is 0.986. The molecule has 16 heavy (non-hydrogen) atoms. The van der Waals surface area contributed by atoms with E-state index in [9.17, 15) is 5.26 Å². The summed E-state index contributed by atoms with van der Waals surface area (Å²) in [5.41, 5.74) is 4.99. The Morgan fingerprint density at radius 3 is 2.00 bits per heavy atom. The minimum Gasteiger partial charge on any atom is -0.197 e. The van der Waals surface area contributed by atoms with Crippen molar-refractivity contribution in [3.05, 3.63) is 34.4 Å². The van der Waals surface area contributed by atoms with Crippen LogP contribution in [0.4, 0.5) is 0 Å². The molecule has 1 aliphatic carbocycles. The minimum atomic E-state index is -0.241. The molecule has 1 fully saturated rings. The average molecular weight is 213 g/mol. The SMILES string of the molecule is Cc1cc(C)c(C2(C#N)CC2(C)C)cc1C. The Morgan fingerprint density at radius 1 is 1.06 bits per heavy atom. The Morgan fingerprint density at radius 2 is 1.56 bits per heavy atom. The summed E-state index contributed by atoms with van der Waals surface area (Å²) in [6, 6.07) is 6.96. The second-order valence-corrected chi connectivity index (χ2v) is 5.83. The van der Waals surface area contributed by atoms with Gasteiger partial charge in [0.1, 0.15) is 0 Å². The lowest BCUT2D eigenvalue weighted by molar-refractivity contribution is 0.568. The number of hydrogen-bond acceptors (Lipinski definition) is 1. The van der Waals surface area contributed by atoms with Crippen LogP contribution in [0.2, 0.25) is 0 Å². The van der Waals surface area contributed by atoms with Crippen molar-refractivity contribution >= 4 is 0 Å². The lowest BCUT2D eigenvalue weighted by atomic mass is 9.84. The minimum absolute atomic E-state index is 0.133. The second-order valence-electron chi connectivity index (χ2n) is 5.83. The fraction of sp³-hybridized carbons (Fsp3) is 0.533. The molecule has 1 aromatic rings. The first kappa shape index (κ1) is 11.2. The van der Waals surface area contributed by atoms with E-state index < -0.39 is 0 Å². The zero-order chi connectivity index (χ0) is 12.1. The van der Waals surface area contributed by atoms with Gasteiger partial charge in [-0.1, -0.05) is 26.0 Å². The highest BCUT2D eigenvalue weighted by Gasteiger charge is 2.63. The van der Waals surface area contributed by atoms with Crippen LogP contribution < -0.4 is 0 Å². The molecular weight excluding hydrogens is 194 g/mol. The maximum Gasteiger partial charge on any atom is 0.0882 e. The fourth-order valence-electron chi connectivity index (χ4n) is 2.75. The van der Waals surface area contributed by atoms with Gasteiger partial charge in [0.2, 0.25) is 0 Å². The number of rotatable bonds is 1. The Labute approximate surface area is 98.1 Å². The number of nitriles is 1. The van der Waals surface area contributed by atoms with Gasteiger partial charge in [0.25, 0.3) is 0 Å². The molecule has 0 amide bonds. The zero-order valence-corrected chi connectivity index (χ0v) is 10.8. The monoisotopic (exact) mass is 213 g/mol. The quantitative estimate of drug-likeness (QED) is 0.696. The largest absolute Gasteiger partial charge is 0.197 e. The molecule has 0 aromatic heterocycles. The molecule has 0 radical (unpaired) electrons. The molecular formula is C15H19N. The molecule has 0 saturated heterocycles. The van der Waals surface area contributed by atoms with Crippen molar-refractivity contribution in [2.75, 3.05) is 0 Å². The number of aryl methyl sites for hydroxylation is 3. The van der Waals surface area contributed by atoms with Gasteiger partial charge in [-0.25, -0.2) is 0 Å². The van der Waals surface area contributed by atoms with E-state index in [-0.39, 0.29) is 10.8 Å². The molecule has 1 unspecified atom stereocenters. The van der Waals surface area contributed by atoms with Crippen LogP contribution in [0, 0.1) is 37.5 Å². The Kier molecular flexibility index (Phi) is 2.17. The highest BCUT2D eigenvalue weighted by atomic mass is 14.6. The maximum atomic E-state index is 9.48. The van der Waals surface area contributed by atoms with E-state index in [0.29, 0.717) is 0 Å². The summed E-state index contributed by atoms with van der Waals surface area (Å²) in [5.74, 6) is 0. The molecule has 1 saturated carbocycles. The van der Waals surface area contributed by atoms with Gasteiger partial charge in [-0.3, -0.25) is 0 Å². The second kappa shape index (κ2) is 3.10. The van der Waals surface area contributed by atoms with E-state index in [4.69, 9.17) is 0 Å². The van der Waals surface area contributed by atoms with Crippen LogP contribution in [-0.2, 0) is 5.41 Å². The van der Waals surface area contributed by atoms with E-state index in [1.54, 1.807) is 0 Å². The van der Waals surface area contributed by atoms with Crippen LogP contribution >= 0.6 is 0 Å². The summed E-state index contributed by atoms with van der Waals surface area (Å²) in [5, 5.41) is 9.48. The van der Waals surface area contributed by atoms with Crippen LogP contribution in [0.15, 0.2) is 12.1 Å². The van der Waals surface area contributed by atoms with Crippen LogP contribution in [0.5, 0.6) is 0 Å². The van der Waals surface area contributed by atoms with Crippen LogP contribution in [0.3, 0.4) is 0 Å². The molecule has 1 aromatic carbocycles. The fourth-order valence-corrected chi connectivity index (χ4v) is 2.75.